The van der Waals surface area contributed by atoms with Gasteiger partial charge in [0.2, 0.25) is 0 Å². The van der Waals surface area contributed by atoms with Crippen molar-refractivity contribution in [2.75, 3.05) is 13.7 Å². The molecule has 2 rings (SSSR count). The van der Waals surface area contributed by atoms with Crippen LogP contribution in [0.15, 0.2) is 18.2 Å². The lowest BCUT2D eigenvalue weighted by molar-refractivity contribution is -0.0695. The molecule has 2 heteroatoms. The van der Waals surface area contributed by atoms with Crippen LogP contribution in [0.5, 0.6) is 0 Å². The molecule has 1 saturated carbocycles. The molecule has 0 aromatic heterocycles. The van der Waals surface area contributed by atoms with Crippen molar-refractivity contribution >= 4 is 0 Å². The van der Waals surface area contributed by atoms with E-state index in [2.05, 4.69) is 37.4 Å². The predicted molar refractivity (Wildman–Crippen MR) is 71.2 cm³/mol. The average molecular weight is 233 g/mol. The zero-order valence-electron chi connectivity index (χ0n) is 11.2. The number of benzene rings is 1. The molecule has 0 bridgehead atoms. The van der Waals surface area contributed by atoms with Gasteiger partial charge in [-0.1, -0.05) is 18.2 Å². The third kappa shape index (κ3) is 2.70. The fourth-order valence-corrected chi connectivity index (χ4v) is 2.57. The smallest absolute Gasteiger partial charge is 0.0802 e. The van der Waals surface area contributed by atoms with E-state index >= 15 is 0 Å². The molecule has 0 amide bonds. The van der Waals surface area contributed by atoms with E-state index in [1.165, 1.54) is 36.0 Å². The molecule has 94 valence electrons. The summed E-state index contributed by atoms with van der Waals surface area (Å²) in [5, 5.41) is 3.55. The third-order valence-corrected chi connectivity index (χ3v) is 4.09. The first-order chi connectivity index (χ1) is 8.17. The number of nitrogens with one attached hydrogen (secondary N) is 1. The molecule has 1 aliphatic carbocycles. The van der Waals surface area contributed by atoms with Crippen LogP contribution in [0.1, 0.15) is 36.0 Å². The maximum Gasteiger partial charge on any atom is 0.0802 e. The highest BCUT2D eigenvalue weighted by Gasteiger charge is 2.36. The zero-order valence-corrected chi connectivity index (χ0v) is 11.2. The molecule has 1 fully saturated rings. The molecule has 0 unspecified atom stereocenters. The maximum atomic E-state index is 5.61. The van der Waals surface area contributed by atoms with Crippen LogP contribution in [0.25, 0.3) is 0 Å². The zero-order chi connectivity index (χ0) is 12.3. The molecule has 1 aliphatic rings. The van der Waals surface area contributed by atoms with Gasteiger partial charge in [-0.05, 0) is 49.8 Å². The van der Waals surface area contributed by atoms with Crippen LogP contribution in [-0.2, 0) is 11.3 Å². The maximum absolute atomic E-state index is 5.61. The van der Waals surface area contributed by atoms with E-state index in [1.54, 1.807) is 0 Å². The summed E-state index contributed by atoms with van der Waals surface area (Å²) in [6.07, 6.45) is 3.70. The minimum atomic E-state index is 0.122. The Labute approximate surface area is 104 Å². The molecule has 1 N–H and O–H groups in total. The summed E-state index contributed by atoms with van der Waals surface area (Å²) in [6.45, 7) is 6.28. The van der Waals surface area contributed by atoms with Crippen LogP contribution in [0.3, 0.4) is 0 Å². The van der Waals surface area contributed by atoms with Gasteiger partial charge in [0.05, 0.1) is 5.60 Å². The molecule has 1 aromatic rings. The summed E-state index contributed by atoms with van der Waals surface area (Å²) in [6, 6.07) is 6.48. The van der Waals surface area contributed by atoms with Crippen LogP contribution in [0.2, 0.25) is 0 Å². The highest BCUT2D eigenvalue weighted by molar-refractivity contribution is 5.33. The summed E-state index contributed by atoms with van der Waals surface area (Å²) >= 11 is 0. The summed E-state index contributed by atoms with van der Waals surface area (Å²) in [7, 11) is 1.83. The molecule has 0 atom stereocenters. The Morgan fingerprint density at radius 2 is 1.88 bits per heavy atom. The third-order valence-electron chi connectivity index (χ3n) is 4.09. The molecule has 2 nitrogen and oxygen atoms in total. The van der Waals surface area contributed by atoms with Crippen LogP contribution in [0.4, 0.5) is 0 Å². The monoisotopic (exact) mass is 233 g/mol. The summed E-state index contributed by atoms with van der Waals surface area (Å²) in [4.78, 5) is 0. The Bertz CT molecular complexity index is 357. The molecule has 0 saturated heterocycles. The topological polar surface area (TPSA) is 21.3 Å². The normalized spacial score (nSPS) is 17.8. The van der Waals surface area contributed by atoms with Crippen molar-refractivity contribution in [3.05, 3.63) is 34.9 Å². The van der Waals surface area contributed by atoms with E-state index in [-0.39, 0.29) is 5.60 Å². The van der Waals surface area contributed by atoms with Crippen LogP contribution >= 0.6 is 0 Å². The number of ether oxygens (including phenoxy) is 1. The van der Waals surface area contributed by atoms with Crippen molar-refractivity contribution in [1.29, 1.82) is 0 Å². The van der Waals surface area contributed by atoms with E-state index in [1.807, 2.05) is 7.11 Å². The van der Waals surface area contributed by atoms with Gasteiger partial charge < -0.3 is 10.1 Å². The van der Waals surface area contributed by atoms with Gasteiger partial charge >= 0.3 is 0 Å². The Morgan fingerprint density at radius 1 is 1.24 bits per heavy atom. The van der Waals surface area contributed by atoms with E-state index in [0.717, 1.165) is 13.1 Å². The number of aryl methyl sites for hydroxylation is 2. The first-order valence-corrected chi connectivity index (χ1v) is 6.48. The average Bonchev–Trinajstić information content (AvgIpc) is 2.26. The van der Waals surface area contributed by atoms with Crippen molar-refractivity contribution in [2.24, 2.45) is 0 Å². The Balaban J connectivity index is 1.90. The molecule has 0 aliphatic heterocycles. The first-order valence-electron chi connectivity index (χ1n) is 6.48. The van der Waals surface area contributed by atoms with Gasteiger partial charge in [0.1, 0.15) is 0 Å². The first kappa shape index (κ1) is 12.6. The Hall–Kier alpha value is -0.860. The lowest BCUT2D eigenvalue weighted by Gasteiger charge is -2.40. The second-order valence-electron chi connectivity index (χ2n) is 5.21. The minimum Gasteiger partial charge on any atom is -0.377 e. The summed E-state index contributed by atoms with van der Waals surface area (Å²) in [5.41, 5.74) is 4.30. The standard InChI is InChI=1S/C15H23NO/c1-12-6-4-7-13(2)14(12)10-16-11-15(17-3)8-5-9-15/h4,6-7,16H,5,8-11H2,1-3H3. The van der Waals surface area contributed by atoms with Gasteiger partial charge in [0, 0.05) is 20.2 Å². The summed E-state index contributed by atoms with van der Waals surface area (Å²) < 4.78 is 5.61. The summed E-state index contributed by atoms with van der Waals surface area (Å²) in [5.74, 6) is 0. The molecule has 0 heterocycles. The number of hydrogen-bond acceptors (Lipinski definition) is 2. The van der Waals surface area contributed by atoms with Gasteiger partial charge in [0.15, 0.2) is 0 Å². The highest BCUT2D eigenvalue weighted by atomic mass is 16.5. The van der Waals surface area contributed by atoms with E-state index in [0.29, 0.717) is 0 Å². The molecule has 0 spiro atoms. The largest absolute Gasteiger partial charge is 0.377 e. The number of hydrogen-bond donors (Lipinski definition) is 1. The second-order valence-corrected chi connectivity index (χ2v) is 5.21. The van der Waals surface area contributed by atoms with Crippen LogP contribution < -0.4 is 5.32 Å². The highest BCUT2D eigenvalue weighted by Crippen LogP contribution is 2.34. The molecular formula is C15H23NO. The van der Waals surface area contributed by atoms with E-state index in [9.17, 15) is 0 Å². The molecule has 1 aromatic carbocycles. The van der Waals surface area contributed by atoms with Gasteiger partial charge in [-0.15, -0.1) is 0 Å². The van der Waals surface area contributed by atoms with Crippen LogP contribution in [-0.4, -0.2) is 19.3 Å². The van der Waals surface area contributed by atoms with Gasteiger partial charge in [0.25, 0.3) is 0 Å². The quantitative estimate of drug-likeness (QED) is 0.844. The Morgan fingerprint density at radius 3 is 2.35 bits per heavy atom. The van der Waals surface area contributed by atoms with Crippen molar-refractivity contribution in [1.82, 2.24) is 5.32 Å². The number of methoxy groups -OCH3 is 1. The van der Waals surface area contributed by atoms with Gasteiger partial charge in [-0.3, -0.25) is 0 Å². The molecular weight excluding hydrogens is 210 g/mol. The van der Waals surface area contributed by atoms with Crippen LogP contribution in [0, 0.1) is 13.8 Å². The second kappa shape index (κ2) is 5.19. The molecule has 17 heavy (non-hydrogen) atoms. The lowest BCUT2D eigenvalue weighted by Crippen LogP contribution is -2.47. The fraction of sp³-hybridized carbons (Fsp3) is 0.600. The van der Waals surface area contributed by atoms with Crippen molar-refractivity contribution in [3.63, 3.8) is 0 Å². The SMILES string of the molecule is COC1(CNCc2c(C)cccc2C)CCC1. The fourth-order valence-electron chi connectivity index (χ4n) is 2.57. The minimum absolute atomic E-state index is 0.122. The van der Waals surface area contributed by atoms with Crippen molar-refractivity contribution in [3.8, 4) is 0 Å². The molecule has 0 radical (unpaired) electrons. The van der Waals surface area contributed by atoms with Crippen molar-refractivity contribution in [2.45, 2.75) is 45.3 Å². The predicted octanol–water partition coefficient (Wildman–Crippen LogP) is 2.96. The van der Waals surface area contributed by atoms with E-state index in [4.69, 9.17) is 4.74 Å². The van der Waals surface area contributed by atoms with Gasteiger partial charge in [-0.2, -0.15) is 0 Å². The number of rotatable bonds is 5. The van der Waals surface area contributed by atoms with Crippen molar-refractivity contribution < 1.29 is 4.74 Å². The lowest BCUT2D eigenvalue weighted by atomic mass is 9.80. The van der Waals surface area contributed by atoms with E-state index < -0.39 is 0 Å². The van der Waals surface area contributed by atoms with Gasteiger partial charge in [-0.25, -0.2) is 0 Å². The Kier molecular flexibility index (Phi) is 3.85.